The zero-order chi connectivity index (χ0) is 20.4. The minimum absolute atomic E-state index is 0.00987. The van der Waals surface area contributed by atoms with E-state index >= 15 is 0 Å². The summed E-state index contributed by atoms with van der Waals surface area (Å²) in [6.07, 6.45) is 5.74. The van der Waals surface area contributed by atoms with Crippen LogP contribution in [0, 0.1) is 12.7 Å². The average Bonchev–Trinajstić information content (AvgIpc) is 3.11. The second kappa shape index (κ2) is 7.75. The maximum atomic E-state index is 14.2. The molecule has 4 rings (SSSR count). The second-order valence-electron chi connectivity index (χ2n) is 6.70. The fourth-order valence-electron chi connectivity index (χ4n) is 3.01. The SMILES string of the molecule is Cc1cc(F)c(Nc2ncnc3cc(OCCc4nccn4C)ccc23)cc1O. The number of fused-ring (bicyclic) bond motifs is 1. The minimum atomic E-state index is -0.471. The van der Waals surface area contributed by atoms with Gasteiger partial charge in [0.15, 0.2) is 0 Å². The van der Waals surface area contributed by atoms with Crippen molar-refractivity contribution in [3.8, 4) is 11.5 Å². The third-order valence-electron chi connectivity index (χ3n) is 4.66. The Bertz CT molecular complexity index is 1180. The van der Waals surface area contributed by atoms with E-state index in [1.54, 1.807) is 13.1 Å². The molecular weight excluding hydrogens is 373 g/mol. The Balaban J connectivity index is 1.53. The van der Waals surface area contributed by atoms with Gasteiger partial charge in [0.05, 0.1) is 17.8 Å². The molecule has 4 aromatic rings. The number of nitrogens with one attached hydrogen (secondary N) is 1. The number of halogens is 1. The van der Waals surface area contributed by atoms with Crippen molar-refractivity contribution in [2.75, 3.05) is 11.9 Å². The van der Waals surface area contributed by atoms with Gasteiger partial charge in [0.2, 0.25) is 0 Å². The van der Waals surface area contributed by atoms with Gasteiger partial charge in [-0.05, 0) is 30.7 Å². The molecule has 0 saturated carbocycles. The fourth-order valence-corrected chi connectivity index (χ4v) is 3.01. The van der Waals surface area contributed by atoms with Gasteiger partial charge >= 0.3 is 0 Å². The molecule has 0 saturated heterocycles. The van der Waals surface area contributed by atoms with Crippen LogP contribution in [0.3, 0.4) is 0 Å². The first-order valence-corrected chi connectivity index (χ1v) is 9.11. The molecule has 0 amide bonds. The lowest BCUT2D eigenvalue weighted by Gasteiger charge is -2.12. The number of imidazole rings is 1. The van der Waals surface area contributed by atoms with E-state index in [1.807, 2.05) is 36.0 Å². The molecule has 2 aromatic carbocycles. The van der Waals surface area contributed by atoms with Crippen molar-refractivity contribution < 1.29 is 14.2 Å². The number of benzene rings is 2. The number of anilines is 2. The first kappa shape index (κ1) is 18.7. The predicted octanol–water partition coefficient (Wildman–Crippen LogP) is 3.88. The zero-order valence-corrected chi connectivity index (χ0v) is 16.1. The quantitative estimate of drug-likeness (QED) is 0.517. The first-order valence-electron chi connectivity index (χ1n) is 9.11. The smallest absolute Gasteiger partial charge is 0.147 e. The molecular formula is C21H20FN5O2. The number of nitrogens with zero attached hydrogens (tertiary/aromatic N) is 4. The van der Waals surface area contributed by atoms with Crippen LogP contribution in [0.1, 0.15) is 11.4 Å². The number of hydrogen-bond acceptors (Lipinski definition) is 6. The minimum Gasteiger partial charge on any atom is -0.508 e. The summed E-state index contributed by atoms with van der Waals surface area (Å²) in [4.78, 5) is 12.8. The molecule has 0 bridgehead atoms. The Morgan fingerprint density at radius 2 is 2.03 bits per heavy atom. The van der Waals surface area contributed by atoms with Crippen molar-refractivity contribution >= 4 is 22.4 Å². The third kappa shape index (κ3) is 3.96. The molecule has 29 heavy (non-hydrogen) atoms. The Morgan fingerprint density at radius 1 is 1.17 bits per heavy atom. The van der Waals surface area contributed by atoms with Crippen molar-refractivity contribution in [1.82, 2.24) is 19.5 Å². The van der Waals surface area contributed by atoms with E-state index in [1.165, 1.54) is 18.5 Å². The lowest BCUT2D eigenvalue weighted by Crippen LogP contribution is -2.06. The normalized spacial score (nSPS) is 11.0. The highest BCUT2D eigenvalue weighted by Crippen LogP contribution is 2.30. The highest BCUT2D eigenvalue weighted by Gasteiger charge is 2.11. The standard InChI is InChI=1S/C21H20FN5O2/c1-13-9-16(22)18(11-19(13)28)26-21-15-4-3-14(10-17(15)24-12-25-21)29-8-5-20-23-6-7-27(20)2/h3-4,6-7,9-12,28H,5,8H2,1-2H3,(H,24,25,26). The molecule has 8 heteroatoms. The van der Waals surface area contributed by atoms with E-state index in [2.05, 4.69) is 20.3 Å². The van der Waals surface area contributed by atoms with Crippen molar-refractivity contribution in [3.05, 3.63) is 66.3 Å². The fraction of sp³-hybridized carbons (Fsp3) is 0.190. The van der Waals surface area contributed by atoms with Crippen LogP contribution in [-0.2, 0) is 13.5 Å². The van der Waals surface area contributed by atoms with Gasteiger partial charge in [-0.1, -0.05) is 0 Å². The Hall–Kier alpha value is -3.68. The summed E-state index contributed by atoms with van der Waals surface area (Å²) in [5.74, 6) is 1.60. The zero-order valence-electron chi connectivity index (χ0n) is 16.1. The van der Waals surface area contributed by atoms with Gasteiger partial charge in [0.1, 0.15) is 35.3 Å². The van der Waals surface area contributed by atoms with Crippen molar-refractivity contribution in [2.24, 2.45) is 7.05 Å². The third-order valence-corrected chi connectivity index (χ3v) is 4.66. The lowest BCUT2D eigenvalue weighted by atomic mass is 10.2. The number of phenolic OH excluding ortho intramolecular Hbond substituents is 1. The Labute approximate surface area is 166 Å². The monoisotopic (exact) mass is 393 g/mol. The van der Waals surface area contributed by atoms with Gasteiger partial charge in [-0.25, -0.2) is 19.3 Å². The van der Waals surface area contributed by atoms with E-state index in [-0.39, 0.29) is 11.4 Å². The highest BCUT2D eigenvalue weighted by molar-refractivity contribution is 5.91. The number of phenols is 1. The highest BCUT2D eigenvalue weighted by atomic mass is 19.1. The number of aromatic nitrogens is 4. The van der Waals surface area contributed by atoms with Crippen LogP contribution in [0.5, 0.6) is 11.5 Å². The molecule has 0 spiro atoms. The van der Waals surface area contributed by atoms with Crippen molar-refractivity contribution in [2.45, 2.75) is 13.3 Å². The molecule has 0 aliphatic heterocycles. The van der Waals surface area contributed by atoms with Gasteiger partial charge < -0.3 is 19.7 Å². The molecule has 0 aliphatic carbocycles. The lowest BCUT2D eigenvalue weighted by molar-refractivity contribution is 0.318. The molecule has 0 unspecified atom stereocenters. The number of ether oxygens (including phenoxy) is 1. The summed E-state index contributed by atoms with van der Waals surface area (Å²) in [5, 5.41) is 13.5. The number of aromatic hydroxyl groups is 1. The van der Waals surface area contributed by atoms with Crippen LogP contribution in [0.25, 0.3) is 10.9 Å². The molecule has 0 fully saturated rings. The van der Waals surface area contributed by atoms with Crippen molar-refractivity contribution in [1.29, 1.82) is 0 Å². The van der Waals surface area contributed by atoms with E-state index in [9.17, 15) is 9.50 Å². The summed E-state index contributed by atoms with van der Waals surface area (Å²) >= 11 is 0. The number of rotatable bonds is 6. The van der Waals surface area contributed by atoms with Crippen LogP contribution < -0.4 is 10.1 Å². The van der Waals surface area contributed by atoms with Gasteiger partial charge in [0.25, 0.3) is 0 Å². The van der Waals surface area contributed by atoms with Gasteiger partial charge in [-0.3, -0.25) is 0 Å². The number of aryl methyl sites for hydroxylation is 2. The number of hydrogen-bond donors (Lipinski definition) is 2. The summed E-state index contributed by atoms with van der Waals surface area (Å²) < 4.78 is 22.0. The topological polar surface area (TPSA) is 85.1 Å². The van der Waals surface area contributed by atoms with Gasteiger partial charge in [-0.15, -0.1) is 0 Å². The van der Waals surface area contributed by atoms with E-state index in [0.29, 0.717) is 41.1 Å². The molecule has 0 aliphatic rings. The summed E-state index contributed by atoms with van der Waals surface area (Å²) in [5.41, 5.74) is 1.27. The molecule has 148 valence electrons. The Morgan fingerprint density at radius 3 is 2.83 bits per heavy atom. The van der Waals surface area contributed by atoms with E-state index in [4.69, 9.17) is 4.74 Å². The molecule has 7 nitrogen and oxygen atoms in total. The van der Waals surface area contributed by atoms with E-state index < -0.39 is 5.82 Å². The summed E-state index contributed by atoms with van der Waals surface area (Å²) in [6, 6.07) is 8.06. The molecule has 2 N–H and O–H groups in total. The van der Waals surface area contributed by atoms with E-state index in [0.717, 1.165) is 5.82 Å². The average molecular weight is 393 g/mol. The molecule has 0 radical (unpaired) electrons. The van der Waals surface area contributed by atoms with Gasteiger partial charge in [0, 0.05) is 43.4 Å². The Kier molecular flexibility index (Phi) is 4.99. The van der Waals surface area contributed by atoms with Crippen LogP contribution in [0.2, 0.25) is 0 Å². The molecule has 2 aromatic heterocycles. The van der Waals surface area contributed by atoms with Crippen LogP contribution in [0.15, 0.2) is 49.1 Å². The van der Waals surface area contributed by atoms with Gasteiger partial charge in [-0.2, -0.15) is 0 Å². The van der Waals surface area contributed by atoms with Crippen LogP contribution >= 0.6 is 0 Å². The van der Waals surface area contributed by atoms with Crippen LogP contribution in [0.4, 0.5) is 15.9 Å². The first-order chi connectivity index (χ1) is 14.0. The second-order valence-corrected chi connectivity index (χ2v) is 6.70. The maximum absolute atomic E-state index is 14.2. The largest absolute Gasteiger partial charge is 0.508 e. The molecule has 0 atom stereocenters. The summed E-state index contributed by atoms with van der Waals surface area (Å²) in [7, 11) is 1.94. The van der Waals surface area contributed by atoms with Crippen LogP contribution in [-0.4, -0.2) is 31.2 Å². The maximum Gasteiger partial charge on any atom is 0.147 e. The summed E-state index contributed by atoms with van der Waals surface area (Å²) in [6.45, 7) is 2.12. The van der Waals surface area contributed by atoms with Crippen molar-refractivity contribution in [3.63, 3.8) is 0 Å². The molecule has 2 heterocycles. The predicted molar refractivity (Wildman–Crippen MR) is 108 cm³/mol.